The summed E-state index contributed by atoms with van der Waals surface area (Å²) in [6.45, 7) is 2.94. The van der Waals surface area contributed by atoms with E-state index in [0.29, 0.717) is 12.6 Å². The lowest BCUT2D eigenvalue weighted by Gasteiger charge is -2.11. The maximum Gasteiger partial charge on any atom is 0.234 e. The van der Waals surface area contributed by atoms with E-state index in [1.165, 1.54) is 0 Å². The van der Waals surface area contributed by atoms with Gasteiger partial charge in [0.05, 0.1) is 11.4 Å². The van der Waals surface area contributed by atoms with Gasteiger partial charge in [0.1, 0.15) is 5.82 Å². The molecule has 0 unspecified atom stereocenters. The van der Waals surface area contributed by atoms with Gasteiger partial charge in [0, 0.05) is 17.1 Å². The Bertz CT molecular complexity index is 514. The van der Waals surface area contributed by atoms with E-state index in [1.807, 2.05) is 6.92 Å². The third kappa shape index (κ3) is 5.42. The molecule has 0 saturated heterocycles. The van der Waals surface area contributed by atoms with E-state index in [2.05, 4.69) is 26.0 Å². The first-order valence-electron chi connectivity index (χ1n) is 5.71. The molecular weight excluding hydrogens is 342 g/mol. The fraction of sp³-hybridized carbons (Fsp3) is 0.455. The molecule has 0 heterocycles. The molecule has 1 rings (SSSR count). The summed E-state index contributed by atoms with van der Waals surface area (Å²) < 4.78 is 51.9. The summed E-state index contributed by atoms with van der Waals surface area (Å²) in [4.78, 5) is 0. The summed E-state index contributed by atoms with van der Waals surface area (Å²) in [6.07, 6.45) is 0.894. The van der Waals surface area contributed by atoms with Crippen LogP contribution < -0.4 is 10.0 Å². The van der Waals surface area contributed by atoms with Crippen molar-refractivity contribution in [1.29, 1.82) is 0 Å². The molecule has 2 N–H and O–H groups in total. The van der Waals surface area contributed by atoms with Crippen LogP contribution >= 0.6 is 15.9 Å². The number of rotatable bonds is 7. The van der Waals surface area contributed by atoms with Crippen molar-refractivity contribution in [3.05, 3.63) is 28.2 Å². The zero-order chi connectivity index (χ0) is 14.5. The highest BCUT2D eigenvalue weighted by Crippen LogP contribution is 2.27. The highest BCUT2D eigenvalue weighted by molar-refractivity contribution is 9.10. The summed E-state index contributed by atoms with van der Waals surface area (Å²) in [7, 11) is -3.68. The molecular formula is C11H15BrF2N2O2S. The van der Waals surface area contributed by atoms with Crippen LogP contribution in [0, 0.1) is 11.6 Å². The fourth-order valence-corrected chi connectivity index (χ4v) is 3.03. The first-order valence-corrected chi connectivity index (χ1v) is 8.16. The number of nitrogens with one attached hydrogen (secondary N) is 2. The zero-order valence-electron chi connectivity index (χ0n) is 10.3. The molecule has 0 fully saturated rings. The van der Waals surface area contributed by atoms with Crippen molar-refractivity contribution in [2.45, 2.75) is 13.3 Å². The van der Waals surface area contributed by atoms with Crippen LogP contribution in [0.15, 0.2) is 16.6 Å². The van der Waals surface area contributed by atoms with Gasteiger partial charge >= 0.3 is 0 Å². The van der Waals surface area contributed by atoms with Crippen molar-refractivity contribution < 1.29 is 17.2 Å². The second-order valence-corrected chi connectivity index (χ2v) is 6.61. The molecule has 0 aromatic heterocycles. The van der Waals surface area contributed by atoms with Crippen LogP contribution in [0.25, 0.3) is 0 Å². The summed E-state index contributed by atoms with van der Waals surface area (Å²) in [6, 6.07) is 1.62. The lowest BCUT2D eigenvalue weighted by molar-refractivity contribution is 0.580. The van der Waals surface area contributed by atoms with Crippen molar-refractivity contribution >= 4 is 31.6 Å². The summed E-state index contributed by atoms with van der Waals surface area (Å²) in [5.74, 6) is -1.93. The molecule has 108 valence electrons. The Kier molecular flexibility index (Phi) is 6.15. The molecule has 0 amide bonds. The predicted octanol–water partition coefficient (Wildman–Crippen LogP) is 2.47. The maximum atomic E-state index is 13.5. The van der Waals surface area contributed by atoms with E-state index in [-0.39, 0.29) is 22.5 Å². The van der Waals surface area contributed by atoms with Gasteiger partial charge in [-0.3, -0.25) is 4.72 Å². The van der Waals surface area contributed by atoms with Gasteiger partial charge in [-0.1, -0.05) is 6.92 Å². The van der Waals surface area contributed by atoms with E-state index in [1.54, 1.807) is 0 Å². The molecule has 1 aromatic rings. The van der Waals surface area contributed by atoms with Crippen LogP contribution in [0.1, 0.15) is 13.3 Å². The molecule has 19 heavy (non-hydrogen) atoms. The normalized spacial score (nSPS) is 11.6. The zero-order valence-corrected chi connectivity index (χ0v) is 12.7. The van der Waals surface area contributed by atoms with E-state index in [0.717, 1.165) is 12.5 Å². The molecule has 0 aliphatic carbocycles. The quantitative estimate of drug-likeness (QED) is 0.737. The van der Waals surface area contributed by atoms with Crippen LogP contribution in [0.5, 0.6) is 0 Å². The van der Waals surface area contributed by atoms with Gasteiger partial charge in [-0.05, 0) is 35.0 Å². The van der Waals surface area contributed by atoms with Crippen molar-refractivity contribution in [3.63, 3.8) is 0 Å². The lowest BCUT2D eigenvalue weighted by Crippen LogP contribution is -2.27. The number of hydrogen-bond acceptors (Lipinski definition) is 3. The summed E-state index contributed by atoms with van der Waals surface area (Å²) in [5.41, 5.74) is -0.281. The number of anilines is 1. The molecule has 0 bridgehead atoms. The molecule has 8 heteroatoms. The Hall–Kier alpha value is -0.730. The Morgan fingerprint density at radius 1 is 1.26 bits per heavy atom. The number of benzene rings is 1. The van der Waals surface area contributed by atoms with Crippen LogP contribution in [-0.4, -0.2) is 27.3 Å². The minimum absolute atomic E-state index is 0.0232. The highest BCUT2D eigenvalue weighted by Gasteiger charge is 2.16. The average Bonchev–Trinajstić information content (AvgIpc) is 2.29. The molecule has 0 aliphatic heterocycles. The van der Waals surface area contributed by atoms with Gasteiger partial charge in [-0.25, -0.2) is 17.2 Å². The van der Waals surface area contributed by atoms with Gasteiger partial charge in [0.2, 0.25) is 10.0 Å². The van der Waals surface area contributed by atoms with E-state index >= 15 is 0 Å². The minimum Gasteiger partial charge on any atom is -0.316 e. The van der Waals surface area contributed by atoms with Gasteiger partial charge in [-0.2, -0.15) is 0 Å². The predicted molar refractivity (Wildman–Crippen MR) is 74.6 cm³/mol. The van der Waals surface area contributed by atoms with Gasteiger partial charge < -0.3 is 5.32 Å². The van der Waals surface area contributed by atoms with Gasteiger partial charge in [-0.15, -0.1) is 0 Å². The molecule has 1 aromatic carbocycles. The SMILES string of the molecule is CCCNCCS(=O)(=O)Nc1c(F)cc(F)cc1Br. The van der Waals surface area contributed by atoms with Crippen molar-refractivity contribution in [1.82, 2.24) is 5.32 Å². The molecule has 0 radical (unpaired) electrons. The summed E-state index contributed by atoms with van der Waals surface area (Å²) in [5, 5.41) is 2.93. The topological polar surface area (TPSA) is 58.2 Å². The van der Waals surface area contributed by atoms with E-state index in [9.17, 15) is 17.2 Å². The number of sulfonamides is 1. The highest BCUT2D eigenvalue weighted by atomic mass is 79.9. The maximum absolute atomic E-state index is 13.5. The standard InChI is InChI=1S/C11H15BrF2N2O2S/c1-2-3-15-4-5-19(17,18)16-11-9(12)6-8(13)7-10(11)14/h6-7,15-16H,2-5H2,1H3. The second-order valence-electron chi connectivity index (χ2n) is 3.92. The Morgan fingerprint density at radius 3 is 2.53 bits per heavy atom. The van der Waals surface area contributed by atoms with Crippen molar-refractivity contribution in [3.8, 4) is 0 Å². The largest absolute Gasteiger partial charge is 0.316 e. The second kappa shape index (κ2) is 7.16. The van der Waals surface area contributed by atoms with Gasteiger partial charge in [0.15, 0.2) is 5.82 Å². The third-order valence-corrected chi connectivity index (χ3v) is 4.12. The molecule has 4 nitrogen and oxygen atoms in total. The Labute approximate surface area is 119 Å². The van der Waals surface area contributed by atoms with Crippen LogP contribution in [0.2, 0.25) is 0 Å². The van der Waals surface area contributed by atoms with Crippen LogP contribution in [0.3, 0.4) is 0 Å². The first kappa shape index (κ1) is 16.3. The monoisotopic (exact) mass is 356 g/mol. The fourth-order valence-electron chi connectivity index (χ4n) is 1.35. The van der Waals surface area contributed by atoms with E-state index < -0.39 is 21.7 Å². The third-order valence-electron chi connectivity index (χ3n) is 2.24. The lowest BCUT2D eigenvalue weighted by atomic mass is 10.3. The molecule has 0 aliphatic rings. The number of halogens is 3. The van der Waals surface area contributed by atoms with E-state index in [4.69, 9.17) is 0 Å². The Morgan fingerprint density at radius 2 is 1.95 bits per heavy atom. The molecule has 0 atom stereocenters. The van der Waals surface area contributed by atoms with Gasteiger partial charge in [0.25, 0.3) is 0 Å². The molecule has 0 spiro atoms. The minimum atomic E-state index is -3.68. The molecule has 0 saturated carbocycles. The van der Waals surface area contributed by atoms with Crippen LogP contribution in [-0.2, 0) is 10.0 Å². The summed E-state index contributed by atoms with van der Waals surface area (Å²) >= 11 is 2.92. The first-order chi connectivity index (χ1) is 8.85. The smallest absolute Gasteiger partial charge is 0.234 e. The van der Waals surface area contributed by atoms with Crippen LogP contribution in [0.4, 0.5) is 14.5 Å². The van der Waals surface area contributed by atoms with Crippen molar-refractivity contribution in [2.24, 2.45) is 0 Å². The Balaban J connectivity index is 2.73. The van der Waals surface area contributed by atoms with Crippen molar-refractivity contribution in [2.75, 3.05) is 23.6 Å². The number of hydrogen-bond donors (Lipinski definition) is 2. The average molecular weight is 357 g/mol.